The molecule has 2 aromatic rings. The molecule has 0 unspecified atom stereocenters. The summed E-state index contributed by atoms with van der Waals surface area (Å²) in [5.41, 5.74) is 4.27. The van der Waals surface area contributed by atoms with E-state index < -0.39 is 22.2 Å². The molecule has 0 saturated heterocycles. The molecule has 9 heteroatoms. The third-order valence-electron chi connectivity index (χ3n) is 2.12. The molecule has 0 fully saturated rings. The van der Waals surface area contributed by atoms with Crippen molar-refractivity contribution < 1.29 is 18.2 Å². The third-order valence-corrected chi connectivity index (χ3v) is 2.12. The Morgan fingerprint density at radius 2 is 2.06 bits per heavy atom. The second-order valence-electron chi connectivity index (χ2n) is 3.26. The molecule has 0 aliphatic carbocycles. The maximum Gasteiger partial charge on any atom is 0.285 e. The fourth-order valence-corrected chi connectivity index (χ4v) is 1.30. The Morgan fingerprint density at radius 1 is 1.39 bits per heavy atom. The van der Waals surface area contributed by atoms with Crippen LogP contribution in [0, 0.1) is 21.7 Å². The highest BCUT2D eigenvalue weighted by Gasteiger charge is 2.24. The van der Waals surface area contributed by atoms with Crippen molar-refractivity contribution in [1.29, 1.82) is 0 Å². The molecule has 0 bridgehead atoms. The van der Waals surface area contributed by atoms with Crippen molar-refractivity contribution in [3.8, 4) is 11.5 Å². The van der Waals surface area contributed by atoms with Crippen LogP contribution in [0.15, 0.2) is 16.7 Å². The first-order valence-electron chi connectivity index (χ1n) is 4.69. The van der Waals surface area contributed by atoms with Crippen LogP contribution in [0.1, 0.15) is 5.82 Å². The van der Waals surface area contributed by atoms with E-state index in [9.17, 15) is 18.9 Å². The molecule has 0 spiro atoms. The molecule has 18 heavy (non-hydrogen) atoms. The predicted molar refractivity (Wildman–Crippen MR) is 54.2 cm³/mol. The van der Waals surface area contributed by atoms with Gasteiger partial charge in [0, 0.05) is 0 Å². The molecule has 2 rings (SSSR count). The summed E-state index contributed by atoms with van der Waals surface area (Å²) in [6.07, 6.45) is 0. The Kier molecular flexibility index (Phi) is 2.98. The van der Waals surface area contributed by atoms with Crippen molar-refractivity contribution in [1.82, 2.24) is 10.1 Å². The van der Waals surface area contributed by atoms with E-state index in [1.807, 2.05) is 0 Å². The molecule has 0 saturated carbocycles. The first-order valence-corrected chi connectivity index (χ1v) is 4.69. The fourth-order valence-electron chi connectivity index (χ4n) is 1.30. The van der Waals surface area contributed by atoms with Crippen LogP contribution >= 0.6 is 0 Å². The maximum absolute atomic E-state index is 13.1. The molecule has 0 aliphatic rings. The summed E-state index contributed by atoms with van der Waals surface area (Å²) in [6.45, 7) is -0.0407. The second-order valence-corrected chi connectivity index (χ2v) is 3.26. The van der Waals surface area contributed by atoms with E-state index in [1.165, 1.54) is 0 Å². The van der Waals surface area contributed by atoms with Crippen molar-refractivity contribution in [2.75, 3.05) is 0 Å². The lowest BCUT2D eigenvalue weighted by Crippen LogP contribution is -1.99. The Morgan fingerprint density at radius 3 is 2.61 bits per heavy atom. The zero-order valence-electron chi connectivity index (χ0n) is 8.76. The number of nitro groups is 1. The minimum Gasteiger partial charge on any atom is -0.334 e. The monoisotopic (exact) mass is 256 g/mol. The van der Waals surface area contributed by atoms with Crippen LogP contribution in [0.25, 0.3) is 11.5 Å². The second kappa shape index (κ2) is 4.45. The number of nitrogens with two attached hydrogens (primary N) is 1. The van der Waals surface area contributed by atoms with Crippen molar-refractivity contribution in [2.45, 2.75) is 6.54 Å². The number of rotatable bonds is 3. The number of nitro benzene ring substituents is 1. The molecule has 0 amide bonds. The zero-order chi connectivity index (χ0) is 13.3. The normalized spacial score (nSPS) is 10.6. The van der Waals surface area contributed by atoms with Crippen molar-refractivity contribution >= 4 is 5.69 Å². The van der Waals surface area contributed by atoms with E-state index in [-0.39, 0.29) is 23.8 Å². The van der Waals surface area contributed by atoms with Crippen LogP contribution in [0.2, 0.25) is 0 Å². The number of nitrogens with zero attached hydrogens (tertiary/aromatic N) is 3. The lowest BCUT2D eigenvalue weighted by atomic mass is 10.1. The van der Waals surface area contributed by atoms with E-state index in [1.54, 1.807) is 0 Å². The predicted octanol–water partition coefficient (Wildman–Crippen LogP) is 1.38. The number of benzene rings is 1. The smallest absolute Gasteiger partial charge is 0.285 e. The van der Waals surface area contributed by atoms with Gasteiger partial charge in [-0.15, -0.1) is 0 Å². The molecule has 1 heterocycles. The average Bonchev–Trinajstić information content (AvgIpc) is 2.80. The molecular formula is C9H6F2N4O3. The molecule has 94 valence electrons. The van der Waals surface area contributed by atoms with Gasteiger partial charge in [-0.25, -0.2) is 8.78 Å². The van der Waals surface area contributed by atoms with Gasteiger partial charge in [0.05, 0.1) is 17.5 Å². The van der Waals surface area contributed by atoms with E-state index >= 15 is 0 Å². The summed E-state index contributed by atoms with van der Waals surface area (Å²) in [4.78, 5) is 13.6. The molecular weight excluding hydrogens is 250 g/mol. The lowest BCUT2D eigenvalue weighted by molar-refractivity contribution is -0.384. The Bertz CT molecular complexity index is 614. The highest BCUT2D eigenvalue weighted by Crippen LogP contribution is 2.30. The number of hydrogen-bond acceptors (Lipinski definition) is 6. The van der Waals surface area contributed by atoms with Crippen LogP contribution < -0.4 is 5.73 Å². The molecule has 7 nitrogen and oxygen atoms in total. The number of aromatic nitrogens is 2. The zero-order valence-corrected chi connectivity index (χ0v) is 8.76. The van der Waals surface area contributed by atoms with Crippen LogP contribution in [0.4, 0.5) is 14.5 Å². The summed E-state index contributed by atoms with van der Waals surface area (Å²) in [5, 5.41) is 14.2. The van der Waals surface area contributed by atoms with E-state index in [0.29, 0.717) is 12.1 Å². The first kappa shape index (κ1) is 12.0. The molecule has 0 atom stereocenters. The van der Waals surface area contributed by atoms with Gasteiger partial charge in [0.1, 0.15) is 5.56 Å². The van der Waals surface area contributed by atoms with E-state index in [0.717, 1.165) is 0 Å². The van der Waals surface area contributed by atoms with Crippen molar-refractivity contribution in [3.63, 3.8) is 0 Å². The topological polar surface area (TPSA) is 108 Å². The highest BCUT2D eigenvalue weighted by molar-refractivity contribution is 5.66. The van der Waals surface area contributed by atoms with Gasteiger partial charge in [-0.1, -0.05) is 5.16 Å². The molecule has 1 aromatic carbocycles. The SMILES string of the molecule is NCc1noc(-c2cc(F)c(F)cc2[N+](=O)[O-])n1. The fraction of sp³-hybridized carbons (Fsp3) is 0.111. The first-order chi connectivity index (χ1) is 8.52. The van der Waals surface area contributed by atoms with Gasteiger partial charge >= 0.3 is 0 Å². The van der Waals surface area contributed by atoms with Crippen LogP contribution in [0.3, 0.4) is 0 Å². The Balaban J connectivity index is 2.61. The molecule has 1 aromatic heterocycles. The summed E-state index contributed by atoms with van der Waals surface area (Å²) in [7, 11) is 0. The van der Waals surface area contributed by atoms with E-state index in [2.05, 4.69) is 10.1 Å². The molecule has 0 aliphatic heterocycles. The van der Waals surface area contributed by atoms with Gasteiger partial charge < -0.3 is 10.3 Å². The van der Waals surface area contributed by atoms with Gasteiger partial charge in [0.2, 0.25) is 0 Å². The summed E-state index contributed by atoms with van der Waals surface area (Å²) >= 11 is 0. The summed E-state index contributed by atoms with van der Waals surface area (Å²) in [5.74, 6) is -2.77. The largest absolute Gasteiger partial charge is 0.334 e. The van der Waals surface area contributed by atoms with Crippen molar-refractivity contribution in [3.05, 3.63) is 39.7 Å². The molecule has 0 radical (unpaired) electrons. The van der Waals surface area contributed by atoms with Crippen LogP contribution in [-0.4, -0.2) is 15.1 Å². The van der Waals surface area contributed by atoms with Gasteiger partial charge in [0.25, 0.3) is 11.6 Å². The minimum absolute atomic E-state index is 0.0407. The van der Waals surface area contributed by atoms with Crippen molar-refractivity contribution in [2.24, 2.45) is 5.73 Å². The number of hydrogen-bond donors (Lipinski definition) is 1. The van der Waals surface area contributed by atoms with Gasteiger partial charge in [0.15, 0.2) is 17.5 Å². The molecule has 2 N–H and O–H groups in total. The van der Waals surface area contributed by atoms with Gasteiger partial charge in [-0.3, -0.25) is 10.1 Å². The quantitative estimate of drug-likeness (QED) is 0.656. The Labute approximate surface area is 98.4 Å². The average molecular weight is 256 g/mol. The van der Waals surface area contributed by atoms with E-state index in [4.69, 9.17) is 10.3 Å². The lowest BCUT2D eigenvalue weighted by Gasteiger charge is -1.99. The maximum atomic E-state index is 13.1. The number of halogens is 2. The third kappa shape index (κ3) is 2.02. The Hall–Kier alpha value is -2.42. The standard InChI is InChI=1S/C9H6F2N4O3/c10-5-1-4(7(15(16)17)2-6(5)11)9-13-8(3-12)14-18-9/h1-2H,3,12H2. The highest BCUT2D eigenvalue weighted by atomic mass is 19.2. The summed E-state index contributed by atoms with van der Waals surface area (Å²) in [6, 6.07) is 1.08. The van der Waals surface area contributed by atoms with Gasteiger partial charge in [-0.05, 0) is 6.07 Å². The minimum atomic E-state index is -1.33. The van der Waals surface area contributed by atoms with Gasteiger partial charge in [-0.2, -0.15) is 4.98 Å². The van der Waals surface area contributed by atoms with Crippen LogP contribution in [0.5, 0.6) is 0 Å². The van der Waals surface area contributed by atoms with Crippen LogP contribution in [-0.2, 0) is 6.54 Å². The summed E-state index contributed by atoms with van der Waals surface area (Å²) < 4.78 is 30.7.